The van der Waals surface area contributed by atoms with Crippen LogP contribution >= 0.6 is 0 Å². The molecule has 0 fully saturated rings. The van der Waals surface area contributed by atoms with Gasteiger partial charge in [-0.2, -0.15) is 0 Å². The SMILES string of the molecule is CC(CN=C(N)c1ccccc1)c1ccccc1. The maximum Gasteiger partial charge on any atom is 0.125 e. The summed E-state index contributed by atoms with van der Waals surface area (Å²) in [4.78, 5) is 4.47. The predicted molar refractivity (Wildman–Crippen MR) is 76.9 cm³/mol. The molecule has 18 heavy (non-hydrogen) atoms. The lowest BCUT2D eigenvalue weighted by atomic mass is 10.0. The summed E-state index contributed by atoms with van der Waals surface area (Å²) >= 11 is 0. The van der Waals surface area contributed by atoms with Crippen LogP contribution in [0, 0.1) is 0 Å². The first-order valence-corrected chi connectivity index (χ1v) is 6.17. The Hall–Kier alpha value is -2.09. The minimum Gasteiger partial charge on any atom is -0.384 e. The molecule has 2 heteroatoms. The second-order valence-electron chi connectivity index (χ2n) is 4.40. The molecule has 0 saturated heterocycles. The maximum absolute atomic E-state index is 5.97. The first-order valence-electron chi connectivity index (χ1n) is 6.17. The molecule has 2 aromatic rings. The number of nitrogens with zero attached hydrogens (tertiary/aromatic N) is 1. The maximum atomic E-state index is 5.97. The van der Waals surface area contributed by atoms with Crippen molar-refractivity contribution in [2.45, 2.75) is 12.8 Å². The minimum atomic E-state index is 0.383. The second-order valence-corrected chi connectivity index (χ2v) is 4.40. The van der Waals surface area contributed by atoms with Crippen molar-refractivity contribution < 1.29 is 0 Å². The van der Waals surface area contributed by atoms with Gasteiger partial charge in [-0.25, -0.2) is 0 Å². The zero-order valence-corrected chi connectivity index (χ0v) is 10.6. The van der Waals surface area contributed by atoms with Crippen LogP contribution in [0.4, 0.5) is 0 Å². The highest BCUT2D eigenvalue weighted by atomic mass is 14.8. The van der Waals surface area contributed by atoms with Crippen LogP contribution in [0.25, 0.3) is 0 Å². The van der Waals surface area contributed by atoms with Gasteiger partial charge in [0.05, 0.1) is 0 Å². The number of amidine groups is 1. The van der Waals surface area contributed by atoms with E-state index in [0.29, 0.717) is 18.3 Å². The normalized spacial score (nSPS) is 13.3. The molecule has 2 N–H and O–H groups in total. The van der Waals surface area contributed by atoms with E-state index in [2.05, 4.69) is 36.2 Å². The lowest BCUT2D eigenvalue weighted by Gasteiger charge is -2.09. The van der Waals surface area contributed by atoms with Gasteiger partial charge in [0.15, 0.2) is 0 Å². The van der Waals surface area contributed by atoms with Crippen molar-refractivity contribution in [3.63, 3.8) is 0 Å². The van der Waals surface area contributed by atoms with E-state index in [9.17, 15) is 0 Å². The zero-order chi connectivity index (χ0) is 12.8. The highest BCUT2D eigenvalue weighted by Crippen LogP contribution is 2.14. The molecule has 2 rings (SSSR count). The van der Waals surface area contributed by atoms with E-state index in [1.807, 2.05) is 36.4 Å². The molecule has 0 radical (unpaired) electrons. The Kier molecular flexibility index (Phi) is 4.13. The van der Waals surface area contributed by atoms with E-state index in [-0.39, 0.29) is 0 Å². The van der Waals surface area contributed by atoms with Crippen LogP contribution in [0.2, 0.25) is 0 Å². The van der Waals surface area contributed by atoms with Gasteiger partial charge in [0.2, 0.25) is 0 Å². The van der Waals surface area contributed by atoms with Crippen molar-refractivity contribution in [1.29, 1.82) is 0 Å². The highest BCUT2D eigenvalue weighted by Gasteiger charge is 2.04. The molecule has 0 aliphatic rings. The van der Waals surface area contributed by atoms with Gasteiger partial charge in [0.1, 0.15) is 5.84 Å². The van der Waals surface area contributed by atoms with Gasteiger partial charge >= 0.3 is 0 Å². The number of rotatable bonds is 4. The van der Waals surface area contributed by atoms with Gasteiger partial charge in [0, 0.05) is 18.0 Å². The van der Waals surface area contributed by atoms with Crippen LogP contribution in [0.3, 0.4) is 0 Å². The van der Waals surface area contributed by atoms with Crippen molar-refractivity contribution in [1.82, 2.24) is 0 Å². The first kappa shape index (κ1) is 12.4. The largest absolute Gasteiger partial charge is 0.384 e. The first-order chi connectivity index (χ1) is 8.77. The summed E-state index contributed by atoms with van der Waals surface area (Å²) in [6.07, 6.45) is 0. The average molecular weight is 238 g/mol. The van der Waals surface area contributed by atoms with Crippen molar-refractivity contribution in [2.24, 2.45) is 10.7 Å². The standard InChI is InChI=1S/C16H18N2/c1-13(14-8-4-2-5-9-14)12-18-16(17)15-10-6-3-7-11-15/h2-11,13H,12H2,1H3,(H2,17,18). The number of nitrogens with two attached hydrogens (primary N) is 1. The van der Waals surface area contributed by atoms with E-state index in [1.165, 1.54) is 5.56 Å². The third-order valence-electron chi connectivity index (χ3n) is 2.97. The van der Waals surface area contributed by atoms with E-state index in [0.717, 1.165) is 5.56 Å². The lowest BCUT2D eigenvalue weighted by molar-refractivity contribution is 0.775. The highest BCUT2D eigenvalue weighted by molar-refractivity contribution is 5.97. The molecule has 92 valence electrons. The van der Waals surface area contributed by atoms with Gasteiger partial charge in [-0.15, -0.1) is 0 Å². The molecular weight excluding hydrogens is 220 g/mol. The molecule has 0 aliphatic heterocycles. The Morgan fingerprint density at radius 2 is 1.56 bits per heavy atom. The molecule has 0 heterocycles. The molecule has 2 aromatic carbocycles. The number of hydrogen-bond donors (Lipinski definition) is 1. The number of benzene rings is 2. The molecule has 0 aromatic heterocycles. The Morgan fingerprint density at radius 1 is 1.00 bits per heavy atom. The molecule has 0 bridgehead atoms. The summed E-state index contributed by atoms with van der Waals surface area (Å²) in [7, 11) is 0. The summed E-state index contributed by atoms with van der Waals surface area (Å²) in [5.74, 6) is 0.992. The fourth-order valence-electron chi connectivity index (χ4n) is 1.82. The fraction of sp³-hybridized carbons (Fsp3) is 0.188. The monoisotopic (exact) mass is 238 g/mol. The fourth-order valence-corrected chi connectivity index (χ4v) is 1.82. The minimum absolute atomic E-state index is 0.383. The number of aliphatic imine (C=N–C) groups is 1. The van der Waals surface area contributed by atoms with E-state index in [1.54, 1.807) is 0 Å². The van der Waals surface area contributed by atoms with E-state index >= 15 is 0 Å². The third-order valence-corrected chi connectivity index (χ3v) is 2.97. The van der Waals surface area contributed by atoms with Crippen LogP contribution in [0.1, 0.15) is 24.0 Å². The third kappa shape index (κ3) is 3.20. The lowest BCUT2D eigenvalue weighted by Crippen LogP contribution is -2.15. The summed E-state index contributed by atoms with van der Waals surface area (Å²) in [6.45, 7) is 2.88. The summed E-state index contributed by atoms with van der Waals surface area (Å²) in [5.41, 5.74) is 8.25. The molecule has 0 aliphatic carbocycles. The van der Waals surface area contributed by atoms with Crippen LogP contribution in [-0.2, 0) is 0 Å². The molecule has 0 amide bonds. The Bertz CT molecular complexity index is 503. The summed E-state index contributed by atoms with van der Waals surface area (Å²) < 4.78 is 0. The Balaban J connectivity index is 2.03. The number of hydrogen-bond acceptors (Lipinski definition) is 1. The van der Waals surface area contributed by atoms with Crippen molar-refractivity contribution in [3.8, 4) is 0 Å². The van der Waals surface area contributed by atoms with Crippen molar-refractivity contribution in [3.05, 3.63) is 71.8 Å². The molecule has 1 unspecified atom stereocenters. The van der Waals surface area contributed by atoms with Crippen LogP contribution in [0.15, 0.2) is 65.7 Å². The molecule has 0 saturated carbocycles. The van der Waals surface area contributed by atoms with Crippen LogP contribution in [-0.4, -0.2) is 12.4 Å². The van der Waals surface area contributed by atoms with Gasteiger partial charge in [0.25, 0.3) is 0 Å². The van der Waals surface area contributed by atoms with E-state index < -0.39 is 0 Å². The zero-order valence-electron chi connectivity index (χ0n) is 10.6. The van der Waals surface area contributed by atoms with Gasteiger partial charge in [-0.3, -0.25) is 4.99 Å². The van der Waals surface area contributed by atoms with Gasteiger partial charge in [-0.1, -0.05) is 67.6 Å². The average Bonchev–Trinajstić information content (AvgIpc) is 2.46. The van der Waals surface area contributed by atoms with Crippen LogP contribution in [0.5, 0.6) is 0 Å². The topological polar surface area (TPSA) is 38.4 Å². The smallest absolute Gasteiger partial charge is 0.125 e. The van der Waals surface area contributed by atoms with Gasteiger partial charge < -0.3 is 5.73 Å². The molecule has 1 atom stereocenters. The molecule has 0 spiro atoms. The van der Waals surface area contributed by atoms with Crippen molar-refractivity contribution >= 4 is 5.84 Å². The van der Waals surface area contributed by atoms with E-state index in [4.69, 9.17) is 5.73 Å². The van der Waals surface area contributed by atoms with Gasteiger partial charge in [-0.05, 0) is 5.56 Å². The Labute approximate surface area is 108 Å². The summed E-state index contributed by atoms with van der Waals surface area (Å²) in [5, 5.41) is 0. The van der Waals surface area contributed by atoms with Crippen LogP contribution < -0.4 is 5.73 Å². The quantitative estimate of drug-likeness (QED) is 0.644. The predicted octanol–water partition coefficient (Wildman–Crippen LogP) is 3.20. The summed E-state index contributed by atoms with van der Waals surface area (Å²) in [6, 6.07) is 20.2. The Morgan fingerprint density at radius 3 is 2.17 bits per heavy atom. The van der Waals surface area contributed by atoms with Crippen molar-refractivity contribution in [2.75, 3.05) is 6.54 Å². The second kappa shape index (κ2) is 6.01. The molecular formula is C16H18N2. The molecule has 2 nitrogen and oxygen atoms in total.